The molecule has 1 aliphatic heterocycles. The van der Waals surface area contributed by atoms with Gasteiger partial charge in [-0.2, -0.15) is 5.10 Å². The summed E-state index contributed by atoms with van der Waals surface area (Å²) < 4.78 is 34.5. The first-order chi connectivity index (χ1) is 18.9. The summed E-state index contributed by atoms with van der Waals surface area (Å²) in [7, 11) is 1.62. The van der Waals surface area contributed by atoms with E-state index >= 15 is 0 Å². The van der Waals surface area contributed by atoms with Crippen molar-refractivity contribution in [1.29, 1.82) is 0 Å². The number of ether oxygens (including phenoxy) is 1. The van der Waals surface area contributed by atoms with Crippen LogP contribution in [-0.2, 0) is 4.74 Å². The lowest BCUT2D eigenvalue weighted by Gasteiger charge is -2.21. The lowest BCUT2D eigenvalue weighted by atomic mass is 9.94. The lowest BCUT2D eigenvalue weighted by Crippen LogP contribution is -2.42. The van der Waals surface area contributed by atoms with Crippen molar-refractivity contribution in [1.82, 2.24) is 20.0 Å². The minimum atomic E-state index is -0.918. The number of benzene rings is 3. The monoisotopic (exact) mass is 551 g/mol. The van der Waals surface area contributed by atoms with Crippen LogP contribution in [-0.4, -0.2) is 60.1 Å². The number of nitrogens with one attached hydrogen (secondary N) is 2. The summed E-state index contributed by atoms with van der Waals surface area (Å²) in [5.41, 5.74) is 2.67. The van der Waals surface area contributed by atoms with Gasteiger partial charge >= 0.3 is 6.03 Å². The van der Waals surface area contributed by atoms with Crippen LogP contribution in [0.3, 0.4) is 0 Å². The van der Waals surface area contributed by atoms with Crippen LogP contribution < -0.4 is 10.6 Å². The zero-order chi connectivity index (χ0) is 27.4. The quantitative estimate of drug-likeness (QED) is 0.294. The number of anilines is 1. The van der Waals surface area contributed by atoms with E-state index in [0.717, 1.165) is 17.3 Å². The highest BCUT2D eigenvalue weighted by Crippen LogP contribution is 2.35. The number of carbonyl (C=O) groups excluding carboxylic acids is 1. The third kappa shape index (κ3) is 5.95. The van der Waals surface area contributed by atoms with Gasteiger partial charge in [0.2, 0.25) is 0 Å². The van der Waals surface area contributed by atoms with Crippen LogP contribution in [0.1, 0.15) is 11.5 Å². The van der Waals surface area contributed by atoms with Crippen LogP contribution in [0.2, 0.25) is 5.02 Å². The highest BCUT2D eigenvalue weighted by Gasteiger charge is 2.35. The van der Waals surface area contributed by atoms with Crippen molar-refractivity contribution in [3.63, 3.8) is 0 Å². The van der Waals surface area contributed by atoms with Crippen LogP contribution in [0.5, 0.6) is 0 Å². The second kappa shape index (κ2) is 11.9. The molecule has 0 spiro atoms. The Labute approximate surface area is 230 Å². The zero-order valence-electron chi connectivity index (χ0n) is 21.3. The second-order valence-corrected chi connectivity index (χ2v) is 9.74. The maximum Gasteiger partial charge on any atom is 0.320 e. The first-order valence-corrected chi connectivity index (χ1v) is 13.0. The van der Waals surface area contributed by atoms with Crippen molar-refractivity contribution in [3.8, 4) is 16.9 Å². The minimum Gasteiger partial charge on any atom is -0.383 e. The molecular formula is C29H28ClF2N5O2. The van der Waals surface area contributed by atoms with Crippen LogP contribution in [0.25, 0.3) is 16.9 Å². The van der Waals surface area contributed by atoms with E-state index in [1.807, 2.05) is 60.7 Å². The highest BCUT2D eigenvalue weighted by atomic mass is 35.5. The number of methoxy groups -OCH3 is 1. The average molecular weight is 552 g/mol. The van der Waals surface area contributed by atoms with E-state index in [0.29, 0.717) is 48.3 Å². The molecule has 7 nitrogen and oxygen atoms in total. The number of nitrogens with zero attached hydrogens (tertiary/aromatic N) is 3. The largest absolute Gasteiger partial charge is 0.383 e. The van der Waals surface area contributed by atoms with E-state index in [-0.39, 0.29) is 12.0 Å². The number of aromatic nitrogens is 2. The van der Waals surface area contributed by atoms with E-state index in [4.69, 9.17) is 21.4 Å². The molecule has 0 radical (unpaired) electrons. The minimum absolute atomic E-state index is 0.253. The normalized spacial score (nSPS) is 17.3. The molecule has 10 heteroatoms. The molecule has 2 unspecified atom stereocenters. The number of urea groups is 1. The van der Waals surface area contributed by atoms with Crippen molar-refractivity contribution in [2.75, 3.05) is 38.7 Å². The number of likely N-dealkylation sites (tertiary alicyclic amines) is 1. The Morgan fingerprint density at radius 1 is 1.03 bits per heavy atom. The maximum atomic E-state index is 14.1. The Morgan fingerprint density at radius 2 is 1.74 bits per heavy atom. The van der Waals surface area contributed by atoms with Gasteiger partial charge in [-0.05, 0) is 29.8 Å². The van der Waals surface area contributed by atoms with E-state index in [9.17, 15) is 13.6 Å². The van der Waals surface area contributed by atoms with Gasteiger partial charge in [0.25, 0.3) is 0 Å². The van der Waals surface area contributed by atoms with Crippen LogP contribution in [0, 0.1) is 11.6 Å². The van der Waals surface area contributed by atoms with Gasteiger partial charge < -0.3 is 10.1 Å². The molecule has 0 bridgehead atoms. The molecule has 3 aromatic carbocycles. The topological polar surface area (TPSA) is 71.4 Å². The fourth-order valence-corrected chi connectivity index (χ4v) is 5.14. The predicted octanol–water partition coefficient (Wildman–Crippen LogP) is 5.71. The molecule has 2 N–H and O–H groups in total. The Kier molecular flexibility index (Phi) is 8.21. The molecule has 2 heterocycles. The Morgan fingerprint density at radius 3 is 2.44 bits per heavy atom. The summed E-state index contributed by atoms with van der Waals surface area (Å²) in [5.74, 6) is -1.76. The summed E-state index contributed by atoms with van der Waals surface area (Å²) in [4.78, 5) is 15.5. The Bertz CT molecular complexity index is 1430. The number of para-hydroxylation sites is 1. The van der Waals surface area contributed by atoms with Gasteiger partial charge in [0, 0.05) is 38.2 Å². The number of rotatable bonds is 8. The van der Waals surface area contributed by atoms with E-state index in [1.165, 1.54) is 6.07 Å². The van der Waals surface area contributed by atoms with Gasteiger partial charge in [-0.3, -0.25) is 10.2 Å². The first kappa shape index (κ1) is 26.8. The Balaban J connectivity index is 1.42. The van der Waals surface area contributed by atoms with Crippen molar-refractivity contribution < 1.29 is 18.3 Å². The van der Waals surface area contributed by atoms with Gasteiger partial charge in [0.15, 0.2) is 17.5 Å². The van der Waals surface area contributed by atoms with Crippen molar-refractivity contribution in [3.05, 3.63) is 101 Å². The first-order valence-electron chi connectivity index (χ1n) is 12.6. The fraction of sp³-hybridized carbons (Fsp3) is 0.241. The smallest absolute Gasteiger partial charge is 0.320 e. The Hall–Kier alpha value is -3.79. The SMILES string of the molecule is COCCN1CC(NC(=O)Nc2c(Cl)c(-c3ccccc3)nn2-c2ccccc2)C(c2ccc(F)c(F)c2)C1. The molecule has 5 rings (SSSR count). The van der Waals surface area contributed by atoms with Gasteiger partial charge in [-0.15, -0.1) is 0 Å². The maximum absolute atomic E-state index is 14.1. The molecule has 1 aliphatic rings. The molecule has 1 saturated heterocycles. The van der Waals surface area contributed by atoms with E-state index in [1.54, 1.807) is 17.9 Å². The highest BCUT2D eigenvalue weighted by molar-refractivity contribution is 6.36. The number of hydrogen-bond donors (Lipinski definition) is 2. The van der Waals surface area contributed by atoms with Crippen LogP contribution in [0.15, 0.2) is 78.9 Å². The predicted molar refractivity (Wildman–Crippen MR) is 147 cm³/mol. The average Bonchev–Trinajstić information content (AvgIpc) is 3.50. The molecule has 1 fully saturated rings. The molecule has 0 saturated carbocycles. The second-order valence-electron chi connectivity index (χ2n) is 9.36. The van der Waals surface area contributed by atoms with Crippen molar-refractivity contribution in [2.45, 2.75) is 12.0 Å². The van der Waals surface area contributed by atoms with Gasteiger partial charge in [-0.1, -0.05) is 66.2 Å². The molecule has 4 aromatic rings. The summed E-state index contributed by atoms with van der Waals surface area (Å²) in [5, 5.41) is 10.9. The molecule has 39 heavy (non-hydrogen) atoms. The number of carbonyl (C=O) groups is 1. The molecule has 2 amide bonds. The molecular weight excluding hydrogens is 524 g/mol. The number of amides is 2. The summed E-state index contributed by atoms with van der Waals surface area (Å²) in [6, 6.07) is 21.8. The molecule has 1 aromatic heterocycles. The number of halogens is 3. The molecule has 202 valence electrons. The fourth-order valence-electron chi connectivity index (χ4n) is 4.87. The van der Waals surface area contributed by atoms with Crippen molar-refractivity contribution in [2.24, 2.45) is 0 Å². The third-order valence-electron chi connectivity index (χ3n) is 6.80. The van der Waals surface area contributed by atoms with Gasteiger partial charge in [-0.25, -0.2) is 18.3 Å². The zero-order valence-corrected chi connectivity index (χ0v) is 22.0. The van der Waals surface area contributed by atoms with E-state index < -0.39 is 17.7 Å². The third-order valence-corrected chi connectivity index (χ3v) is 7.16. The summed E-state index contributed by atoms with van der Waals surface area (Å²) in [6.45, 7) is 2.22. The standard InChI is InChI=1S/C29H28ClF2N5O2/c1-39-15-14-36-17-22(20-12-13-23(31)24(32)16-20)25(18-36)33-29(38)34-28-26(30)27(19-8-4-2-5-9-19)35-37(28)21-10-6-3-7-11-21/h2-13,16,22,25H,14-15,17-18H2,1H3,(H2,33,34,38). The number of hydrogen-bond acceptors (Lipinski definition) is 4. The van der Waals surface area contributed by atoms with Crippen LogP contribution in [0.4, 0.5) is 19.4 Å². The van der Waals surface area contributed by atoms with Gasteiger partial charge in [0.05, 0.1) is 18.3 Å². The summed E-state index contributed by atoms with van der Waals surface area (Å²) >= 11 is 6.79. The molecule has 0 aliphatic carbocycles. The van der Waals surface area contributed by atoms with E-state index in [2.05, 4.69) is 15.5 Å². The lowest BCUT2D eigenvalue weighted by molar-refractivity contribution is 0.159. The molecule has 2 atom stereocenters. The summed E-state index contributed by atoms with van der Waals surface area (Å²) in [6.07, 6.45) is 0. The van der Waals surface area contributed by atoms with Crippen LogP contribution >= 0.6 is 11.6 Å². The van der Waals surface area contributed by atoms with Gasteiger partial charge in [0.1, 0.15) is 10.7 Å². The van der Waals surface area contributed by atoms with Crippen molar-refractivity contribution >= 4 is 23.4 Å².